The van der Waals surface area contributed by atoms with Gasteiger partial charge in [0.25, 0.3) is 0 Å². The maximum absolute atomic E-state index is 5.33. The van der Waals surface area contributed by atoms with Crippen LogP contribution in [0, 0.1) is 0 Å². The monoisotopic (exact) mass is 715 g/mol. The Labute approximate surface area is 324 Å². The van der Waals surface area contributed by atoms with E-state index in [2.05, 4.69) is 133 Å². The summed E-state index contributed by atoms with van der Waals surface area (Å²) in [5, 5.41) is 2.12. The van der Waals surface area contributed by atoms with Crippen LogP contribution in [0.2, 0.25) is 0 Å². The molecule has 0 aliphatic carbocycles. The molecule has 0 radical (unpaired) electrons. The third kappa shape index (κ3) is 6.37. The van der Waals surface area contributed by atoms with Crippen LogP contribution in [0.3, 0.4) is 0 Å². The zero-order valence-corrected chi connectivity index (χ0v) is 30.3. The fourth-order valence-corrected chi connectivity index (χ4v) is 7.28. The molecule has 7 aromatic carbocycles. The van der Waals surface area contributed by atoms with Crippen LogP contribution in [0.25, 0.3) is 101 Å². The summed E-state index contributed by atoms with van der Waals surface area (Å²) in [6.07, 6.45) is 0. The number of hydrogen-bond acceptors (Lipinski definition) is 5. The van der Waals surface area contributed by atoms with Crippen LogP contribution in [-0.2, 0) is 0 Å². The molecule has 0 spiro atoms. The van der Waals surface area contributed by atoms with Gasteiger partial charge in [-0.3, -0.25) is 0 Å². The van der Waals surface area contributed by atoms with E-state index in [0.717, 1.165) is 83.3 Å². The highest BCUT2D eigenvalue weighted by Crippen LogP contribution is 2.36. The summed E-state index contributed by atoms with van der Waals surface area (Å²) >= 11 is 0. The van der Waals surface area contributed by atoms with E-state index in [1.807, 2.05) is 66.7 Å². The van der Waals surface area contributed by atoms with Crippen molar-refractivity contribution >= 4 is 21.8 Å². The first kappa shape index (κ1) is 33.0. The average molecular weight is 716 g/mol. The maximum Gasteiger partial charge on any atom is 0.164 e. The van der Waals surface area contributed by atoms with Gasteiger partial charge >= 0.3 is 0 Å². The van der Waals surface area contributed by atoms with Gasteiger partial charge in [-0.25, -0.2) is 24.9 Å². The fourth-order valence-electron chi connectivity index (χ4n) is 7.28. The lowest BCUT2D eigenvalue weighted by Crippen LogP contribution is -2.00. The van der Waals surface area contributed by atoms with Gasteiger partial charge in [-0.05, 0) is 46.5 Å². The number of rotatable bonds is 7. The van der Waals surface area contributed by atoms with Crippen molar-refractivity contribution in [3.8, 4) is 78.9 Å². The molecule has 5 heteroatoms. The number of pyridine rings is 2. The molecule has 0 saturated heterocycles. The zero-order chi connectivity index (χ0) is 37.3. The largest absolute Gasteiger partial charge is 0.245 e. The van der Waals surface area contributed by atoms with Gasteiger partial charge in [0.1, 0.15) is 0 Å². The quantitative estimate of drug-likeness (QED) is 0.154. The summed E-state index contributed by atoms with van der Waals surface area (Å²) in [5.41, 5.74) is 12.9. The molecule has 0 aliphatic rings. The summed E-state index contributed by atoms with van der Waals surface area (Å²) in [5.74, 6) is 1.90. The summed E-state index contributed by atoms with van der Waals surface area (Å²) in [4.78, 5) is 25.4. The van der Waals surface area contributed by atoms with Crippen molar-refractivity contribution in [3.05, 3.63) is 200 Å². The van der Waals surface area contributed by atoms with Crippen molar-refractivity contribution in [2.24, 2.45) is 0 Å². The van der Waals surface area contributed by atoms with Gasteiger partial charge in [0, 0.05) is 38.6 Å². The van der Waals surface area contributed by atoms with E-state index in [0.29, 0.717) is 17.5 Å². The minimum Gasteiger partial charge on any atom is -0.245 e. The normalized spacial score (nSPS) is 11.2. The van der Waals surface area contributed by atoms with E-state index in [-0.39, 0.29) is 0 Å². The third-order valence-electron chi connectivity index (χ3n) is 10.1. The molecular weight excluding hydrogens is 683 g/mol. The Balaban J connectivity index is 1.07. The van der Waals surface area contributed by atoms with E-state index < -0.39 is 0 Å². The predicted molar refractivity (Wildman–Crippen MR) is 228 cm³/mol. The standard InChI is InChI=1S/C51H33N5/c1-5-15-34(16-6-1)44-33-46(35-17-7-2-8-18-35)53-48-43(44)29-27-36-28-30-45(52-47(36)48)41-25-13-23-39(31-41)40-24-14-26-42(32-40)51-55-49(37-19-9-3-10-20-37)54-50(56-51)38-21-11-4-12-22-38/h1-33H. The van der Waals surface area contributed by atoms with E-state index in [1.54, 1.807) is 0 Å². The van der Waals surface area contributed by atoms with E-state index in [9.17, 15) is 0 Å². The Kier molecular flexibility index (Phi) is 8.43. The second-order valence-corrected chi connectivity index (χ2v) is 13.7. The van der Waals surface area contributed by atoms with Crippen molar-refractivity contribution in [2.45, 2.75) is 0 Å². The van der Waals surface area contributed by atoms with Crippen LogP contribution >= 0.6 is 0 Å². The molecule has 10 rings (SSSR count). The molecule has 0 aliphatic heterocycles. The molecule has 0 atom stereocenters. The molecule has 262 valence electrons. The van der Waals surface area contributed by atoms with Gasteiger partial charge in [0.05, 0.1) is 22.4 Å². The van der Waals surface area contributed by atoms with Gasteiger partial charge in [-0.15, -0.1) is 0 Å². The first-order chi connectivity index (χ1) is 27.7. The van der Waals surface area contributed by atoms with E-state index in [1.165, 1.54) is 0 Å². The van der Waals surface area contributed by atoms with Crippen LogP contribution in [0.4, 0.5) is 0 Å². The highest BCUT2D eigenvalue weighted by molar-refractivity contribution is 6.09. The SMILES string of the molecule is c1ccc(-c2cc(-c3ccccc3)c3ccc4ccc(-c5cccc(-c6cccc(-c7nc(-c8ccccc8)nc(-c8ccccc8)n7)c6)c5)nc4c3n2)cc1. The molecule has 10 aromatic rings. The van der Waals surface area contributed by atoms with Crippen molar-refractivity contribution in [1.29, 1.82) is 0 Å². The van der Waals surface area contributed by atoms with Gasteiger partial charge in [0.15, 0.2) is 17.5 Å². The van der Waals surface area contributed by atoms with Crippen LogP contribution in [0.15, 0.2) is 200 Å². The van der Waals surface area contributed by atoms with Crippen LogP contribution in [0.5, 0.6) is 0 Å². The van der Waals surface area contributed by atoms with Crippen LogP contribution < -0.4 is 0 Å². The van der Waals surface area contributed by atoms with Gasteiger partial charge < -0.3 is 0 Å². The fraction of sp³-hybridized carbons (Fsp3) is 0. The van der Waals surface area contributed by atoms with Crippen molar-refractivity contribution in [2.75, 3.05) is 0 Å². The van der Waals surface area contributed by atoms with Crippen LogP contribution in [-0.4, -0.2) is 24.9 Å². The van der Waals surface area contributed by atoms with Crippen molar-refractivity contribution in [1.82, 2.24) is 24.9 Å². The lowest BCUT2D eigenvalue weighted by Gasteiger charge is -2.13. The molecule has 0 saturated carbocycles. The summed E-state index contributed by atoms with van der Waals surface area (Å²) in [7, 11) is 0. The molecule has 0 N–H and O–H groups in total. The van der Waals surface area contributed by atoms with Gasteiger partial charge in [-0.2, -0.15) is 0 Å². The Hall–Kier alpha value is -7.63. The Morgan fingerprint density at radius 1 is 0.250 bits per heavy atom. The highest BCUT2D eigenvalue weighted by atomic mass is 15.0. The van der Waals surface area contributed by atoms with Gasteiger partial charge in [-0.1, -0.05) is 176 Å². The van der Waals surface area contributed by atoms with E-state index in [4.69, 9.17) is 24.9 Å². The number of hydrogen-bond donors (Lipinski definition) is 0. The Morgan fingerprint density at radius 2 is 0.696 bits per heavy atom. The molecule has 0 bridgehead atoms. The molecule has 56 heavy (non-hydrogen) atoms. The number of fused-ring (bicyclic) bond motifs is 3. The summed E-state index contributed by atoms with van der Waals surface area (Å²) in [6.45, 7) is 0. The first-order valence-corrected chi connectivity index (χ1v) is 18.7. The van der Waals surface area contributed by atoms with Gasteiger partial charge in [0.2, 0.25) is 0 Å². The Morgan fingerprint density at radius 3 is 1.30 bits per heavy atom. The lowest BCUT2D eigenvalue weighted by atomic mass is 9.96. The van der Waals surface area contributed by atoms with Crippen LogP contribution in [0.1, 0.15) is 0 Å². The van der Waals surface area contributed by atoms with E-state index >= 15 is 0 Å². The predicted octanol–water partition coefficient (Wildman–Crippen LogP) is 12.6. The Bertz CT molecular complexity index is 2950. The maximum atomic E-state index is 5.33. The molecule has 0 fully saturated rings. The molecule has 3 aromatic heterocycles. The highest BCUT2D eigenvalue weighted by Gasteiger charge is 2.16. The minimum atomic E-state index is 0.621. The number of aromatic nitrogens is 5. The second-order valence-electron chi connectivity index (χ2n) is 13.7. The second kappa shape index (κ2) is 14.3. The number of nitrogens with zero attached hydrogens (tertiary/aromatic N) is 5. The first-order valence-electron chi connectivity index (χ1n) is 18.7. The molecule has 5 nitrogen and oxygen atoms in total. The van der Waals surface area contributed by atoms with Crippen molar-refractivity contribution in [3.63, 3.8) is 0 Å². The lowest BCUT2D eigenvalue weighted by molar-refractivity contribution is 1.07. The molecule has 0 unspecified atom stereocenters. The van der Waals surface area contributed by atoms with Crippen molar-refractivity contribution < 1.29 is 0 Å². The smallest absolute Gasteiger partial charge is 0.164 e. The number of benzene rings is 7. The topological polar surface area (TPSA) is 64.5 Å². The minimum absolute atomic E-state index is 0.621. The average Bonchev–Trinajstić information content (AvgIpc) is 3.29. The molecular formula is C51H33N5. The third-order valence-corrected chi connectivity index (χ3v) is 10.1. The zero-order valence-electron chi connectivity index (χ0n) is 30.3. The summed E-state index contributed by atoms with van der Waals surface area (Å²) < 4.78 is 0. The summed E-state index contributed by atoms with van der Waals surface area (Å²) in [6, 6.07) is 68.7. The molecule has 0 amide bonds. The molecule has 3 heterocycles.